The number of rotatable bonds is 3. The molecule has 1 aromatic heterocycles. The van der Waals surface area contributed by atoms with Gasteiger partial charge in [-0.3, -0.25) is 9.48 Å². The van der Waals surface area contributed by atoms with E-state index in [0.29, 0.717) is 6.54 Å². The predicted molar refractivity (Wildman–Crippen MR) is 40.9 cm³/mol. The van der Waals surface area contributed by atoms with Crippen LogP contribution in [0.15, 0.2) is 18.5 Å². The average molecular weight is 153 g/mol. The van der Waals surface area contributed by atoms with E-state index in [0.717, 1.165) is 0 Å². The molecule has 0 saturated carbocycles. The van der Waals surface area contributed by atoms with Crippen LogP contribution in [0, 0.1) is 0 Å². The highest BCUT2D eigenvalue weighted by Gasteiger charge is 2.07. The highest BCUT2D eigenvalue weighted by molar-refractivity contribution is 5.80. The van der Waals surface area contributed by atoms with Crippen LogP contribution in [0.1, 0.15) is 6.92 Å². The van der Waals surface area contributed by atoms with Gasteiger partial charge < -0.3 is 5.73 Å². The minimum atomic E-state index is -0.435. The van der Waals surface area contributed by atoms with E-state index in [1.807, 2.05) is 0 Å². The van der Waals surface area contributed by atoms with Crippen molar-refractivity contribution in [3.8, 4) is 0 Å². The summed E-state index contributed by atoms with van der Waals surface area (Å²) in [5, 5.41) is 3.92. The van der Waals surface area contributed by atoms with Gasteiger partial charge in [0.25, 0.3) is 0 Å². The Balaban J connectivity index is 2.50. The minimum Gasteiger partial charge on any atom is -0.320 e. The molecule has 0 spiro atoms. The molecule has 60 valence electrons. The van der Waals surface area contributed by atoms with Gasteiger partial charge in [0.05, 0.1) is 12.6 Å². The Morgan fingerprint density at radius 1 is 1.82 bits per heavy atom. The minimum absolute atomic E-state index is 0.0134. The number of Topliss-reactive ketones (excluding diaryl/α,β-unsaturated/α-hetero) is 1. The normalized spacial score (nSPS) is 12.9. The Bertz CT molecular complexity index is 230. The second-order valence-corrected chi connectivity index (χ2v) is 2.45. The van der Waals surface area contributed by atoms with Crippen molar-refractivity contribution in [2.45, 2.75) is 19.5 Å². The molecule has 1 aromatic rings. The molecule has 0 fully saturated rings. The largest absolute Gasteiger partial charge is 0.320 e. The standard InChI is InChI=1S/C7H11N3O/c1-6(11)7(8)5-10-4-2-3-9-10/h2-4,7H,5,8H2,1H3. The Kier molecular flexibility index (Phi) is 2.38. The van der Waals surface area contributed by atoms with E-state index in [4.69, 9.17) is 5.73 Å². The molecule has 1 atom stereocenters. The number of aromatic nitrogens is 2. The van der Waals surface area contributed by atoms with Crippen LogP contribution in [0.5, 0.6) is 0 Å². The maximum Gasteiger partial charge on any atom is 0.148 e. The fourth-order valence-corrected chi connectivity index (χ4v) is 0.739. The van der Waals surface area contributed by atoms with Crippen molar-refractivity contribution in [3.63, 3.8) is 0 Å². The molecule has 0 amide bonds. The smallest absolute Gasteiger partial charge is 0.148 e. The molecule has 2 N–H and O–H groups in total. The Labute approximate surface area is 65.0 Å². The first-order chi connectivity index (χ1) is 5.20. The van der Waals surface area contributed by atoms with Crippen LogP contribution in [0.4, 0.5) is 0 Å². The molecule has 1 heterocycles. The number of nitrogens with two attached hydrogens (primary N) is 1. The molecule has 0 aliphatic carbocycles. The number of ketones is 1. The van der Waals surface area contributed by atoms with E-state index >= 15 is 0 Å². The summed E-state index contributed by atoms with van der Waals surface area (Å²) < 4.78 is 1.64. The molecular weight excluding hydrogens is 142 g/mol. The molecule has 0 aliphatic rings. The monoisotopic (exact) mass is 153 g/mol. The van der Waals surface area contributed by atoms with Crippen molar-refractivity contribution >= 4 is 5.78 Å². The highest BCUT2D eigenvalue weighted by Crippen LogP contribution is 1.89. The average Bonchev–Trinajstić information content (AvgIpc) is 2.39. The van der Waals surface area contributed by atoms with Gasteiger partial charge in [-0.05, 0) is 13.0 Å². The first kappa shape index (κ1) is 7.94. The molecule has 4 heteroatoms. The van der Waals surface area contributed by atoms with E-state index in [-0.39, 0.29) is 5.78 Å². The molecular formula is C7H11N3O. The van der Waals surface area contributed by atoms with Gasteiger partial charge in [0.2, 0.25) is 0 Å². The predicted octanol–water partition coefficient (Wildman–Crippen LogP) is -0.201. The van der Waals surface area contributed by atoms with Crippen LogP contribution in [-0.4, -0.2) is 21.6 Å². The maximum atomic E-state index is 10.7. The zero-order valence-electron chi connectivity index (χ0n) is 6.40. The van der Waals surface area contributed by atoms with E-state index in [1.54, 1.807) is 23.1 Å². The van der Waals surface area contributed by atoms with Gasteiger partial charge in [0.15, 0.2) is 0 Å². The molecule has 1 rings (SSSR count). The second kappa shape index (κ2) is 3.30. The summed E-state index contributed by atoms with van der Waals surface area (Å²) in [5.41, 5.74) is 5.50. The lowest BCUT2D eigenvalue weighted by Gasteiger charge is -2.06. The van der Waals surface area contributed by atoms with Gasteiger partial charge >= 0.3 is 0 Å². The van der Waals surface area contributed by atoms with Crippen molar-refractivity contribution in [2.75, 3.05) is 0 Å². The van der Waals surface area contributed by atoms with Crippen LogP contribution < -0.4 is 5.73 Å². The molecule has 0 saturated heterocycles. The quantitative estimate of drug-likeness (QED) is 0.654. The zero-order valence-corrected chi connectivity index (χ0v) is 6.40. The number of hydrogen-bond acceptors (Lipinski definition) is 3. The Morgan fingerprint density at radius 2 is 2.55 bits per heavy atom. The molecule has 0 radical (unpaired) electrons. The number of carbonyl (C=O) groups is 1. The van der Waals surface area contributed by atoms with E-state index < -0.39 is 6.04 Å². The van der Waals surface area contributed by atoms with Gasteiger partial charge in [-0.25, -0.2) is 0 Å². The number of carbonyl (C=O) groups excluding carboxylic acids is 1. The SMILES string of the molecule is CC(=O)C(N)Cn1cccn1. The number of nitrogens with zero attached hydrogens (tertiary/aromatic N) is 2. The molecule has 1 unspecified atom stereocenters. The van der Waals surface area contributed by atoms with E-state index in [1.165, 1.54) is 6.92 Å². The summed E-state index contributed by atoms with van der Waals surface area (Å²) in [6.07, 6.45) is 3.44. The van der Waals surface area contributed by atoms with Crippen LogP contribution in [0.2, 0.25) is 0 Å². The Hall–Kier alpha value is -1.16. The zero-order chi connectivity index (χ0) is 8.27. The Morgan fingerprint density at radius 3 is 3.00 bits per heavy atom. The van der Waals surface area contributed by atoms with Crippen molar-refractivity contribution in [1.82, 2.24) is 9.78 Å². The molecule has 0 aliphatic heterocycles. The van der Waals surface area contributed by atoms with Crippen molar-refractivity contribution in [1.29, 1.82) is 0 Å². The van der Waals surface area contributed by atoms with Crippen molar-refractivity contribution in [2.24, 2.45) is 5.73 Å². The third-order valence-corrected chi connectivity index (χ3v) is 1.47. The first-order valence-electron chi connectivity index (χ1n) is 3.43. The number of hydrogen-bond donors (Lipinski definition) is 1. The fraction of sp³-hybridized carbons (Fsp3) is 0.429. The van der Waals surface area contributed by atoms with Gasteiger partial charge in [0.1, 0.15) is 5.78 Å². The molecule has 11 heavy (non-hydrogen) atoms. The summed E-state index contributed by atoms with van der Waals surface area (Å²) in [6.45, 7) is 1.94. The maximum absolute atomic E-state index is 10.7. The van der Waals surface area contributed by atoms with Crippen LogP contribution in [-0.2, 0) is 11.3 Å². The van der Waals surface area contributed by atoms with Crippen LogP contribution in [0.25, 0.3) is 0 Å². The molecule has 4 nitrogen and oxygen atoms in total. The first-order valence-corrected chi connectivity index (χ1v) is 3.43. The van der Waals surface area contributed by atoms with Crippen LogP contribution >= 0.6 is 0 Å². The summed E-state index contributed by atoms with van der Waals surface area (Å²) in [4.78, 5) is 10.7. The highest BCUT2D eigenvalue weighted by atomic mass is 16.1. The lowest BCUT2D eigenvalue weighted by Crippen LogP contribution is -2.33. The van der Waals surface area contributed by atoms with Gasteiger partial charge in [-0.1, -0.05) is 0 Å². The third-order valence-electron chi connectivity index (χ3n) is 1.47. The lowest BCUT2D eigenvalue weighted by molar-refractivity contribution is -0.118. The molecule has 0 aromatic carbocycles. The van der Waals surface area contributed by atoms with Crippen molar-refractivity contribution in [3.05, 3.63) is 18.5 Å². The van der Waals surface area contributed by atoms with Gasteiger partial charge in [0, 0.05) is 12.4 Å². The fourth-order valence-electron chi connectivity index (χ4n) is 0.739. The van der Waals surface area contributed by atoms with Crippen LogP contribution in [0.3, 0.4) is 0 Å². The lowest BCUT2D eigenvalue weighted by atomic mass is 10.2. The summed E-state index contributed by atoms with van der Waals surface area (Å²) in [6, 6.07) is 1.36. The van der Waals surface area contributed by atoms with E-state index in [2.05, 4.69) is 5.10 Å². The third kappa shape index (κ3) is 2.16. The van der Waals surface area contributed by atoms with E-state index in [9.17, 15) is 4.79 Å². The van der Waals surface area contributed by atoms with Gasteiger partial charge in [-0.2, -0.15) is 5.10 Å². The van der Waals surface area contributed by atoms with Crippen molar-refractivity contribution < 1.29 is 4.79 Å². The second-order valence-electron chi connectivity index (χ2n) is 2.45. The summed E-state index contributed by atoms with van der Waals surface area (Å²) in [5.74, 6) is -0.0134. The molecule has 0 bridgehead atoms. The van der Waals surface area contributed by atoms with Gasteiger partial charge in [-0.15, -0.1) is 0 Å². The summed E-state index contributed by atoms with van der Waals surface area (Å²) in [7, 11) is 0. The topological polar surface area (TPSA) is 60.9 Å². The summed E-state index contributed by atoms with van der Waals surface area (Å²) >= 11 is 0.